The number of nitrogens with zero attached hydrogens (tertiary/aromatic N) is 4. The fraction of sp³-hybridized carbons (Fsp3) is 0.0909. The molecule has 0 saturated heterocycles. The Balaban J connectivity index is 1.58. The van der Waals surface area contributed by atoms with Crippen LogP contribution in [0, 0.1) is 11.6 Å². The molecule has 0 aliphatic carbocycles. The molecule has 7 nitrogen and oxygen atoms in total. The molecule has 3 aromatic heterocycles. The molecule has 0 spiro atoms. The van der Waals surface area contributed by atoms with Gasteiger partial charge in [0.2, 0.25) is 5.95 Å². The number of para-hydroxylation sites is 2. The van der Waals surface area contributed by atoms with Crippen LogP contribution in [0.1, 0.15) is 11.1 Å². The summed E-state index contributed by atoms with van der Waals surface area (Å²) in [5, 5.41) is 3.07. The summed E-state index contributed by atoms with van der Waals surface area (Å²) < 4.78 is 28.1. The van der Waals surface area contributed by atoms with Crippen LogP contribution in [0.25, 0.3) is 28.4 Å². The van der Waals surface area contributed by atoms with Gasteiger partial charge in [0, 0.05) is 18.0 Å². The summed E-state index contributed by atoms with van der Waals surface area (Å²) in [6.45, 7) is 0. The molecule has 5 rings (SSSR count). The lowest BCUT2D eigenvalue weighted by Crippen LogP contribution is -2.19. The number of imidazole rings is 1. The van der Waals surface area contributed by atoms with E-state index < -0.39 is 11.6 Å². The average Bonchev–Trinajstić information content (AvgIpc) is 3.36. The van der Waals surface area contributed by atoms with E-state index in [0.29, 0.717) is 41.3 Å². The predicted molar refractivity (Wildman–Crippen MR) is 111 cm³/mol. The number of hydrogen-bond donors (Lipinski definition) is 2. The minimum atomic E-state index is -0.916. The first kappa shape index (κ1) is 18.9. The molecule has 5 aromatic rings. The van der Waals surface area contributed by atoms with Gasteiger partial charge in [-0.05, 0) is 42.7 Å². The third-order valence-corrected chi connectivity index (χ3v) is 5.04. The van der Waals surface area contributed by atoms with Crippen molar-refractivity contribution < 1.29 is 8.78 Å². The van der Waals surface area contributed by atoms with E-state index in [1.165, 1.54) is 16.9 Å². The van der Waals surface area contributed by atoms with Crippen molar-refractivity contribution >= 4 is 11.0 Å². The topological polar surface area (TPSA) is 92.2 Å². The zero-order chi connectivity index (χ0) is 21.4. The third kappa shape index (κ3) is 3.50. The van der Waals surface area contributed by atoms with E-state index in [2.05, 4.69) is 25.0 Å². The molecule has 2 aromatic carbocycles. The number of H-pyrrole nitrogens is 2. The maximum atomic E-state index is 13.6. The standard InChI is InChI=1S/C22H16F2N6O/c23-15-8-6-13(11-16(15)24)5-7-14-20(19-12-25-9-10-26-19)29-30(21(14)31)22-27-17-3-1-2-4-18(17)28-22/h1-4,6,8-12,29H,5,7H2,(H,27,28). The third-order valence-electron chi connectivity index (χ3n) is 5.04. The van der Waals surface area contributed by atoms with Crippen LogP contribution >= 0.6 is 0 Å². The van der Waals surface area contributed by atoms with Gasteiger partial charge < -0.3 is 4.98 Å². The Morgan fingerprint density at radius 2 is 1.87 bits per heavy atom. The van der Waals surface area contributed by atoms with Gasteiger partial charge in [-0.1, -0.05) is 18.2 Å². The minimum absolute atomic E-state index is 0.291. The first-order valence-corrected chi connectivity index (χ1v) is 9.59. The number of fused-ring (bicyclic) bond motifs is 1. The summed E-state index contributed by atoms with van der Waals surface area (Å²) >= 11 is 0. The van der Waals surface area contributed by atoms with Crippen LogP contribution in [0.3, 0.4) is 0 Å². The molecule has 0 radical (unpaired) electrons. The molecule has 0 fully saturated rings. The molecule has 0 unspecified atom stereocenters. The summed E-state index contributed by atoms with van der Waals surface area (Å²) in [7, 11) is 0. The number of nitrogens with one attached hydrogen (secondary N) is 2. The number of hydrogen-bond acceptors (Lipinski definition) is 4. The van der Waals surface area contributed by atoms with Crippen LogP contribution in [0.4, 0.5) is 8.78 Å². The Bertz CT molecular complexity index is 1400. The van der Waals surface area contributed by atoms with E-state index >= 15 is 0 Å². The van der Waals surface area contributed by atoms with E-state index in [1.54, 1.807) is 12.4 Å². The molecule has 0 saturated carbocycles. The molecule has 3 heterocycles. The second kappa shape index (κ2) is 7.60. The monoisotopic (exact) mass is 418 g/mol. The maximum absolute atomic E-state index is 13.6. The van der Waals surface area contributed by atoms with Crippen LogP contribution in [-0.4, -0.2) is 29.7 Å². The van der Waals surface area contributed by atoms with Crippen molar-refractivity contribution in [2.75, 3.05) is 0 Å². The van der Waals surface area contributed by atoms with Crippen molar-refractivity contribution in [3.05, 3.63) is 94.2 Å². The van der Waals surface area contributed by atoms with Crippen molar-refractivity contribution in [1.29, 1.82) is 0 Å². The van der Waals surface area contributed by atoms with Crippen molar-refractivity contribution in [1.82, 2.24) is 29.7 Å². The molecular formula is C22H16F2N6O. The predicted octanol–water partition coefficient (Wildman–Crippen LogP) is 3.56. The van der Waals surface area contributed by atoms with Gasteiger partial charge in [-0.15, -0.1) is 0 Å². The fourth-order valence-electron chi connectivity index (χ4n) is 3.50. The Labute approximate surface area is 174 Å². The summed E-state index contributed by atoms with van der Waals surface area (Å²) in [5.41, 5.74) is 3.25. The number of rotatable bonds is 5. The van der Waals surface area contributed by atoms with Crippen LogP contribution < -0.4 is 5.56 Å². The number of aromatic nitrogens is 6. The largest absolute Gasteiger partial charge is 0.322 e. The maximum Gasteiger partial charge on any atom is 0.277 e. The lowest BCUT2D eigenvalue weighted by atomic mass is 10.0. The van der Waals surface area contributed by atoms with Gasteiger partial charge in [0.1, 0.15) is 5.69 Å². The molecule has 154 valence electrons. The molecule has 0 bridgehead atoms. The summed E-state index contributed by atoms with van der Waals surface area (Å²) in [6.07, 6.45) is 5.26. The van der Waals surface area contributed by atoms with Crippen LogP contribution in [0.5, 0.6) is 0 Å². The molecular weight excluding hydrogens is 402 g/mol. The van der Waals surface area contributed by atoms with Gasteiger partial charge in [-0.25, -0.2) is 13.8 Å². The van der Waals surface area contributed by atoms with Crippen molar-refractivity contribution in [3.8, 4) is 17.3 Å². The summed E-state index contributed by atoms with van der Waals surface area (Å²) in [5.74, 6) is -1.48. The summed E-state index contributed by atoms with van der Waals surface area (Å²) in [4.78, 5) is 29.3. The van der Waals surface area contributed by atoms with E-state index in [9.17, 15) is 13.6 Å². The van der Waals surface area contributed by atoms with Gasteiger partial charge >= 0.3 is 0 Å². The Kier molecular flexibility index (Phi) is 4.62. The molecule has 2 N–H and O–H groups in total. The van der Waals surface area contributed by atoms with E-state index in [-0.39, 0.29) is 5.56 Å². The van der Waals surface area contributed by atoms with Gasteiger partial charge in [0.25, 0.3) is 5.56 Å². The van der Waals surface area contributed by atoms with Gasteiger partial charge in [0.15, 0.2) is 11.6 Å². The quantitative estimate of drug-likeness (QED) is 0.457. The number of benzene rings is 2. The summed E-state index contributed by atoms with van der Waals surface area (Å²) in [6, 6.07) is 11.2. The highest BCUT2D eigenvalue weighted by Crippen LogP contribution is 2.20. The zero-order valence-electron chi connectivity index (χ0n) is 16.1. The first-order valence-electron chi connectivity index (χ1n) is 9.59. The van der Waals surface area contributed by atoms with E-state index in [0.717, 1.165) is 23.2 Å². The highest BCUT2D eigenvalue weighted by atomic mass is 19.2. The first-order chi connectivity index (χ1) is 15.1. The Morgan fingerprint density at radius 1 is 1.00 bits per heavy atom. The number of aromatic amines is 2. The van der Waals surface area contributed by atoms with E-state index in [4.69, 9.17) is 0 Å². The van der Waals surface area contributed by atoms with Crippen molar-refractivity contribution in [2.24, 2.45) is 0 Å². The molecule has 31 heavy (non-hydrogen) atoms. The highest BCUT2D eigenvalue weighted by molar-refractivity contribution is 5.76. The molecule has 0 amide bonds. The minimum Gasteiger partial charge on any atom is -0.322 e. The van der Waals surface area contributed by atoms with Gasteiger partial charge in [-0.2, -0.15) is 4.68 Å². The average molecular weight is 418 g/mol. The van der Waals surface area contributed by atoms with Crippen LogP contribution in [-0.2, 0) is 12.8 Å². The normalized spacial score (nSPS) is 11.3. The van der Waals surface area contributed by atoms with Crippen LogP contribution in [0.15, 0.2) is 65.8 Å². The SMILES string of the molecule is O=c1c(CCc2ccc(F)c(F)c2)c(-c2cnccn2)[nH]n1-c1nc2ccccc2[nH]1. The van der Waals surface area contributed by atoms with Crippen LogP contribution in [0.2, 0.25) is 0 Å². The molecule has 9 heteroatoms. The number of aryl methyl sites for hydroxylation is 1. The van der Waals surface area contributed by atoms with Crippen molar-refractivity contribution in [3.63, 3.8) is 0 Å². The van der Waals surface area contributed by atoms with E-state index in [1.807, 2.05) is 24.3 Å². The molecule has 0 atom stereocenters. The van der Waals surface area contributed by atoms with Crippen molar-refractivity contribution in [2.45, 2.75) is 12.8 Å². The van der Waals surface area contributed by atoms with Gasteiger partial charge in [-0.3, -0.25) is 19.9 Å². The second-order valence-corrected chi connectivity index (χ2v) is 7.02. The lowest BCUT2D eigenvalue weighted by Gasteiger charge is -2.03. The Morgan fingerprint density at radius 3 is 2.65 bits per heavy atom. The Hall–Kier alpha value is -4.14. The molecule has 0 aliphatic heterocycles. The molecule has 0 aliphatic rings. The smallest absolute Gasteiger partial charge is 0.277 e. The second-order valence-electron chi connectivity index (χ2n) is 7.02. The zero-order valence-corrected chi connectivity index (χ0v) is 16.1. The van der Waals surface area contributed by atoms with Gasteiger partial charge in [0.05, 0.1) is 22.9 Å². The highest BCUT2D eigenvalue weighted by Gasteiger charge is 2.19. The fourth-order valence-corrected chi connectivity index (χ4v) is 3.50. The lowest BCUT2D eigenvalue weighted by molar-refractivity contribution is 0.507. The number of halogens is 2.